The SMILES string of the molecule is CCOc1ccc(/C=N\N=C(\N)c2nonc2N)c(OCC)c1. The quantitative estimate of drug-likeness (QED) is 0.444. The van der Waals surface area contributed by atoms with Crippen molar-refractivity contribution in [3.05, 3.63) is 29.5 Å². The first kappa shape index (κ1) is 16.3. The van der Waals surface area contributed by atoms with Crippen LogP contribution in [0.15, 0.2) is 33.0 Å². The van der Waals surface area contributed by atoms with Crippen LogP contribution in [0.1, 0.15) is 25.1 Å². The van der Waals surface area contributed by atoms with Crippen LogP contribution in [0.3, 0.4) is 0 Å². The normalized spacial score (nSPS) is 11.8. The predicted molar refractivity (Wildman–Crippen MR) is 85.8 cm³/mol. The number of nitrogen functional groups attached to an aromatic ring is 1. The molecule has 0 aliphatic carbocycles. The molecule has 0 saturated heterocycles. The first-order valence-electron chi connectivity index (χ1n) is 7.00. The minimum absolute atomic E-state index is 0.00361. The molecule has 9 heteroatoms. The van der Waals surface area contributed by atoms with Crippen molar-refractivity contribution in [2.45, 2.75) is 13.8 Å². The van der Waals surface area contributed by atoms with Gasteiger partial charge < -0.3 is 20.9 Å². The zero-order valence-corrected chi connectivity index (χ0v) is 12.9. The molecule has 0 bridgehead atoms. The van der Waals surface area contributed by atoms with E-state index >= 15 is 0 Å². The predicted octanol–water partition coefficient (Wildman–Crippen LogP) is 1.19. The zero-order chi connectivity index (χ0) is 16.7. The Morgan fingerprint density at radius 3 is 2.70 bits per heavy atom. The van der Waals surface area contributed by atoms with Crippen molar-refractivity contribution >= 4 is 17.9 Å². The highest BCUT2D eigenvalue weighted by Crippen LogP contribution is 2.24. The van der Waals surface area contributed by atoms with Gasteiger partial charge in [-0.05, 0) is 36.3 Å². The van der Waals surface area contributed by atoms with E-state index in [-0.39, 0.29) is 17.3 Å². The van der Waals surface area contributed by atoms with E-state index in [0.29, 0.717) is 19.0 Å². The minimum atomic E-state index is 0.00361. The van der Waals surface area contributed by atoms with Crippen LogP contribution in [0.2, 0.25) is 0 Å². The summed E-state index contributed by atoms with van der Waals surface area (Å²) in [7, 11) is 0. The highest BCUT2D eigenvalue weighted by molar-refractivity contribution is 5.99. The number of hydrogen-bond acceptors (Lipinski definition) is 8. The summed E-state index contributed by atoms with van der Waals surface area (Å²) in [4.78, 5) is 0. The summed E-state index contributed by atoms with van der Waals surface area (Å²) >= 11 is 0. The summed E-state index contributed by atoms with van der Waals surface area (Å²) < 4.78 is 15.5. The van der Waals surface area contributed by atoms with E-state index in [1.807, 2.05) is 26.0 Å². The molecule has 0 aliphatic heterocycles. The first-order valence-corrected chi connectivity index (χ1v) is 7.00. The van der Waals surface area contributed by atoms with Crippen LogP contribution in [-0.2, 0) is 0 Å². The Labute approximate surface area is 132 Å². The molecular weight excluding hydrogens is 300 g/mol. The molecule has 0 saturated carbocycles. The van der Waals surface area contributed by atoms with Crippen LogP contribution in [-0.4, -0.2) is 35.6 Å². The molecule has 0 unspecified atom stereocenters. The fraction of sp³-hybridized carbons (Fsp3) is 0.286. The highest BCUT2D eigenvalue weighted by Gasteiger charge is 2.10. The summed E-state index contributed by atoms with van der Waals surface area (Å²) in [5, 5.41) is 14.7. The van der Waals surface area contributed by atoms with Crippen molar-refractivity contribution in [3.8, 4) is 11.5 Å². The molecule has 2 rings (SSSR count). The van der Waals surface area contributed by atoms with Crippen molar-refractivity contribution in [2.75, 3.05) is 18.9 Å². The van der Waals surface area contributed by atoms with Crippen LogP contribution in [0.4, 0.5) is 5.82 Å². The van der Waals surface area contributed by atoms with E-state index in [2.05, 4.69) is 25.1 Å². The maximum absolute atomic E-state index is 5.71. The topological polar surface area (TPSA) is 134 Å². The van der Waals surface area contributed by atoms with Crippen molar-refractivity contribution in [2.24, 2.45) is 15.9 Å². The van der Waals surface area contributed by atoms with E-state index in [9.17, 15) is 0 Å². The lowest BCUT2D eigenvalue weighted by molar-refractivity contribution is 0.308. The van der Waals surface area contributed by atoms with Gasteiger partial charge in [-0.3, -0.25) is 0 Å². The second-order valence-electron chi connectivity index (χ2n) is 4.29. The van der Waals surface area contributed by atoms with Gasteiger partial charge >= 0.3 is 0 Å². The van der Waals surface area contributed by atoms with Crippen LogP contribution >= 0.6 is 0 Å². The van der Waals surface area contributed by atoms with Crippen LogP contribution in [0.5, 0.6) is 11.5 Å². The zero-order valence-electron chi connectivity index (χ0n) is 12.9. The summed E-state index contributed by atoms with van der Waals surface area (Å²) in [6.45, 7) is 4.90. The minimum Gasteiger partial charge on any atom is -0.494 e. The first-order chi connectivity index (χ1) is 11.2. The van der Waals surface area contributed by atoms with E-state index in [1.54, 1.807) is 6.07 Å². The number of hydrogen-bond donors (Lipinski definition) is 2. The summed E-state index contributed by atoms with van der Waals surface area (Å²) in [5.41, 5.74) is 12.1. The number of benzene rings is 1. The largest absolute Gasteiger partial charge is 0.494 e. The molecule has 2 aromatic rings. The monoisotopic (exact) mass is 318 g/mol. The summed E-state index contributed by atoms with van der Waals surface area (Å²) in [5.74, 6) is 1.41. The Kier molecular flexibility index (Phi) is 5.50. The second-order valence-corrected chi connectivity index (χ2v) is 4.29. The molecule has 23 heavy (non-hydrogen) atoms. The second kappa shape index (κ2) is 7.78. The number of amidine groups is 1. The molecule has 0 amide bonds. The maximum Gasteiger partial charge on any atom is 0.199 e. The van der Waals surface area contributed by atoms with Gasteiger partial charge in [-0.1, -0.05) is 0 Å². The van der Waals surface area contributed by atoms with Gasteiger partial charge in [0, 0.05) is 11.6 Å². The molecule has 0 atom stereocenters. The Morgan fingerprint density at radius 1 is 1.26 bits per heavy atom. The van der Waals surface area contributed by atoms with Gasteiger partial charge in [-0.2, -0.15) is 5.10 Å². The fourth-order valence-electron chi connectivity index (χ4n) is 1.73. The summed E-state index contributed by atoms with van der Waals surface area (Å²) in [6.07, 6.45) is 1.51. The number of rotatable bonds is 7. The lowest BCUT2D eigenvalue weighted by Crippen LogP contribution is -2.15. The third-order valence-electron chi connectivity index (χ3n) is 2.71. The van der Waals surface area contributed by atoms with Crippen molar-refractivity contribution in [3.63, 3.8) is 0 Å². The highest BCUT2D eigenvalue weighted by atomic mass is 16.6. The van der Waals surface area contributed by atoms with E-state index in [0.717, 1.165) is 11.3 Å². The molecule has 0 aliphatic rings. The molecule has 9 nitrogen and oxygen atoms in total. The molecule has 0 radical (unpaired) electrons. The Bertz CT molecular complexity index is 710. The lowest BCUT2D eigenvalue weighted by Gasteiger charge is -2.09. The number of anilines is 1. The van der Waals surface area contributed by atoms with E-state index < -0.39 is 0 Å². The molecule has 1 aromatic heterocycles. The molecular formula is C14H18N6O3. The molecule has 1 heterocycles. The average Bonchev–Trinajstić information content (AvgIpc) is 2.96. The van der Waals surface area contributed by atoms with Crippen molar-refractivity contribution < 1.29 is 14.1 Å². The van der Waals surface area contributed by atoms with Crippen LogP contribution in [0, 0.1) is 0 Å². The molecule has 4 N–H and O–H groups in total. The summed E-state index contributed by atoms with van der Waals surface area (Å²) in [6, 6.07) is 5.43. The van der Waals surface area contributed by atoms with Gasteiger partial charge in [0.2, 0.25) is 0 Å². The molecule has 122 valence electrons. The Morgan fingerprint density at radius 2 is 2.04 bits per heavy atom. The van der Waals surface area contributed by atoms with Gasteiger partial charge in [0.1, 0.15) is 11.5 Å². The molecule has 0 fully saturated rings. The van der Waals surface area contributed by atoms with Crippen molar-refractivity contribution in [1.82, 2.24) is 10.3 Å². The molecule has 0 spiro atoms. The molecule has 1 aromatic carbocycles. The van der Waals surface area contributed by atoms with Gasteiger partial charge in [0.15, 0.2) is 17.3 Å². The fourth-order valence-corrected chi connectivity index (χ4v) is 1.73. The van der Waals surface area contributed by atoms with Crippen LogP contribution in [0.25, 0.3) is 0 Å². The Balaban J connectivity index is 2.19. The standard InChI is InChI=1S/C14H18N6O3/c1-3-21-10-6-5-9(11(7-10)22-4-2)8-17-18-13(15)12-14(16)20-23-19-12/h5-8H,3-4H2,1-2H3,(H2,15,18)(H2,16,20)/b17-8-. The number of ether oxygens (including phenoxy) is 2. The smallest absolute Gasteiger partial charge is 0.199 e. The Hall–Kier alpha value is -3.10. The third kappa shape index (κ3) is 4.19. The van der Waals surface area contributed by atoms with E-state index in [4.69, 9.17) is 20.9 Å². The third-order valence-corrected chi connectivity index (χ3v) is 2.71. The van der Waals surface area contributed by atoms with Gasteiger partial charge in [-0.15, -0.1) is 5.10 Å². The average molecular weight is 318 g/mol. The van der Waals surface area contributed by atoms with Gasteiger partial charge in [-0.25, -0.2) is 4.63 Å². The van der Waals surface area contributed by atoms with Gasteiger partial charge in [0.05, 0.1) is 19.4 Å². The maximum atomic E-state index is 5.71. The van der Waals surface area contributed by atoms with Crippen molar-refractivity contribution in [1.29, 1.82) is 0 Å². The van der Waals surface area contributed by atoms with E-state index in [1.165, 1.54) is 6.21 Å². The number of nitrogens with two attached hydrogens (primary N) is 2. The lowest BCUT2D eigenvalue weighted by atomic mass is 10.2. The number of nitrogens with zero attached hydrogens (tertiary/aromatic N) is 4. The number of aromatic nitrogens is 2. The van der Waals surface area contributed by atoms with Crippen LogP contribution < -0.4 is 20.9 Å². The van der Waals surface area contributed by atoms with Gasteiger partial charge in [0.25, 0.3) is 0 Å².